The maximum atomic E-state index is 13.5. The molecule has 1 aliphatic rings. The topological polar surface area (TPSA) is 70.8 Å². The van der Waals surface area contributed by atoms with Gasteiger partial charge in [-0.25, -0.2) is 9.37 Å². The highest BCUT2D eigenvalue weighted by molar-refractivity contribution is 6.31. The van der Waals surface area contributed by atoms with Crippen molar-refractivity contribution in [2.45, 2.75) is 25.6 Å². The number of H-pyrrole nitrogens is 1. The summed E-state index contributed by atoms with van der Waals surface area (Å²) in [7, 11) is 0. The van der Waals surface area contributed by atoms with Crippen LogP contribution < -0.4 is 0 Å². The summed E-state index contributed by atoms with van der Waals surface area (Å²) in [5.74, 6) is 0.408. The lowest BCUT2D eigenvalue weighted by Crippen LogP contribution is -2.34. The third-order valence-corrected chi connectivity index (χ3v) is 5.42. The minimum Gasteiger partial charge on any atom is -0.347 e. The largest absolute Gasteiger partial charge is 0.347 e. The molecule has 2 aromatic carbocycles. The van der Waals surface area contributed by atoms with E-state index in [1.807, 2.05) is 18.2 Å². The Morgan fingerprint density at radius 3 is 2.90 bits per heavy atom. The molecule has 0 saturated heterocycles. The van der Waals surface area contributed by atoms with Gasteiger partial charge in [0, 0.05) is 25.1 Å². The van der Waals surface area contributed by atoms with Gasteiger partial charge in [0.15, 0.2) is 0 Å². The molecule has 0 bridgehead atoms. The SMILES string of the molecule is Fc1ccc(-c2noc(C3Cc4nc[nH]c4CN3Cc3ccccc3)n2)cc1Cl. The fourth-order valence-corrected chi connectivity index (χ4v) is 3.82. The van der Waals surface area contributed by atoms with Gasteiger partial charge < -0.3 is 9.51 Å². The van der Waals surface area contributed by atoms with E-state index in [0.29, 0.717) is 30.2 Å². The maximum absolute atomic E-state index is 13.5. The van der Waals surface area contributed by atoms with Gasteiger partial charge in [-0.2, -0.15) is 4.98 Å². The highest BCUT2D eigenvalue weighted by atomic mass is 35.5. The molecule has 1 atom stereocenters. The predicted molar refractivity (Wildman–Crippen MR) is 105 cm³/mol. The number of hydrogen-bond donors (Lipinski definition) is 1. The van der Waals surface area contributed by atoms with Gasteiger partial charge in [-0.1, -0.05) is 47.1 Å². The first-order valence-electron chi connectivity index (χ1n) is 9.25. The second-order valence-electron chi connectivity index (χ2n) is 7.02. The van der Waals surface area contributed by atoms with E-state index in [9.17, 15) is 4.39 Å². The highest BCUT2D eigenvalue weighted by Gasteiger charge is 2.33. The number of fused-ring (bicyclic) bond motifs is 1. The first-order chi connectivity index (χ1) is 14.2. The number of benzene rings is 2. The lowest BCUT2D eigenvalue weighted by atomic mass is 10.0. The fourth-order valence-electron chi connectivity index (χ4n) is 3.64. The Hall–Kier alpha value is -3.03. The van der Waals surface area contributed by atoms with Gasteiger partial charge in [0.2, 0.25) is 11.7 Å². The number of aromatic nitrogens is 4. The number of halogens is 2. The second-order valence-corrected chi connectivity index (χ2v) is 7.43. The van der Waals surface area contributed by atoms with Crippen LogP contribution in [0.25, 0.3) is 11.4 Å². The Morgan fingerprint density at radius 2 is 2.07 bits per heavy atom. The summed E-state index contributed by atoms with van der Waals surface area (Å²) in [6.07, 6.45) is 2.38. The molecular weight excluding hydrogens is 393 g/mol. The summed E-state index contributed by atoms with van der Waals surface area (Å²) in [4.78, 5) is 14.5. The number of imidazole rings is 1. The third-order valence-electron chi connectivity index (χ3n) is 5.13. The zero-order valence-corrected chi connectivity index (χ0v) is 16.1. The lowest BCUT2D eigenvalue weighted by Gasteiger charge is -2.32. The molecule has 2 aromatic heterocycles. The Labute approximate surface area is 171 Å². The van der Waals surface area contributed by atoms with Crippen LogP contribution in [-0.2, 0) is 19.5 Å². The van der Waals surface area contributed by atoms with Crippen molar-refractivity contribution in [1.29, 1.82) is 0 Å². The van der Waals surface area contributed by atoms with Crippen molar-refractivity contribution in [1.82, 2.24) is 25.0 Å². The van der Waals surface area contributed by atoms with Gasteiger partial charge in [0.05, 0.1) is 28.8 Å². The van der Waals surface area contributed by atoms with Gasteiger partial charge in [-0.05, 0) is 23.8 Å². The molecular formula is C21H17ClFN5O. The number of nitrogens with one attached hydrogen (secondary N) is 1. The smallest absolute Gasteiger partial charge is 0.244 e. The van der Waals surface area contributed by atoms with Crippen LogP contribution >= 0.6 is 11.6 Å². The van der Waals surface area contributed by atoms with Gasteiger partial charge in [-0.15, -0.1) is 0 Å². The van der Waals surface area contributed by atoms with Gasteiger partial charge in [-0.3, -0.25) is 4.90 Å². The van der Waals surface area contributed by atoms with E-state index in [-0.39, 0.29) is 11.1 Å². The molecule has 0 fully saturated rings. The van der Waals surface area contributed by atoms with Crippen molar-refractivity contribution >= 4 is 11.6 Å². The van der Waals surface area contributed by atoms with E-state index < -0.39 is 5.82 Å². The molecule has 3 heterocycles. The zero-order chi connectivity index (χ0) is 19.8. The molecule has 0 amide bonds. The predicted octanol–water partition coefficient (Wildman–Crippen LogP) is 4.55. The Morgan fingerprint density at radius 1 is 1.21 bits per heavy atom. The number of rotatable bonds is 4. The molecule has 1 aliphatic heterocycles. The minimum absolute atomic E-state index is 0.0263. The van der Waals surface area contributed by atoms with Crippen LogP contribution in [0.2, 0.25) is 5.02 Å². The Bertz CT molecular complexity index is 1140. The van der Waals surface area contributed by atoms with E-state index >= 15 is 0 Å². The normalized spacial score (nSPS) is 16.7. The maximum Gasteiger partial charge on any atom is 0.244 e. The second kappa shape index (κ2) is 7.42. The summed E-state index contributed by atoms with van der Waals surface area (Å²) in [6, 6.07) is 14.5. The number of aromatic amines is 1. The summed E-state index contributed by atoms with van der Waals surface area (Å²) >= 11 is 5.90. The molecule has 0 aliphatic carbocycles. The molecule has 1 N–H and O–H groups in total. The summed E-state index contributed by atoms with van der Waals surface area (Å²) in [6.45, 7) is 1.44. The monoisotopic (exact) mass is 409 g/mol. The standard InChI is InChI=1S/C21H17ClFN5O/c22-15-8-14(6-7-16(15)23)20-26-21(29-27-20)19-9-17-18(25-12-24-17)11-28(19)10-13-4-2-1-3-5-13/h1-8,12,19H,9-11H2,(H,24,25). The highest BCUT2D eigenvalue weighted by Crippen LogP contribution is 2.33. The van der Waals surface area contributed by atoms with Crippen molar-refractivity contribution in [3.8, 4) is 11.4 Å². The quantitative estimate of drug-likeness (QED) is 0.535. The van der Waals surface area contributed by atoms with Crippen LogP contribution in [0, 0.1) is 5.82 Å². The van der Waals surface area contributed by atoms with Crippen LogP contribution in [0.1, 0.15) is 28.9 Å². The van der Waals surface area contributed by atoms with E-state index in [4.69, 9.17) is 16.1 Å². The molecule has 8 heteroatoms. The van der Waals surface area contributed by atoms with E-state index in [1.165, 1.54) is 17.7 Å². The third kappa shape index (κ3) is 3.54. The van der Waals surface area contributed by atoms with Crippen LogP contribution in [0.3, 0.4) is 0 Å². The Balaban J connectivity index is 1.47. The summed E-state index contributed by atoms with van der Waals surface area (Å²) in [5.41, 5.74) is 3.91. The van der Waals surface area contributed by atoms with Crippen molar-refractivity contribution in [2.24, 2.45) is 0 Å². The molecule has 1 unspecified atom stereocenters. The molecule has 6 nitrogen and oxygen atoms in total. The average Bonchev–Trinajstić information content (AvgIpc) is 3.39. The van der Waals surface area contributed by atoms with Crippen molar-refractivity contribution < 1.29 is 8.91 Å². The Kier molecular flexibility index (Phi) is 4.61. The fraction of sp³-hybridized carbons (Fsp3) is 0.190. The first-order valence-corrected chi connectivity index (χ1v) is 9.63. The average molecular weight is 410 g/mol. The molecule has 5 rings (SSSR count). The number of hydrogen-bond acceptors (Lipinski definition) is 5. The molecule has 4 aromatic rings. The van der Waals surface area contributed by atoms with E-state index in [1.54, 1.807) is 12.4 Å². The first kappa shape index (κ1) is 18.0. The lowest BCUT2D eigenvalue weighted by molar-refractivity contribution is 0.128. The van der Waals surface area contributed by atoms with E-state index in [2.05, 4.69) is 37.1 Å². The van der Waals surface area contributed by atoms with Crippen LogP contribution in [0.4, 0.5) is 4.39 Å². The summed E-state index contributed by atoms with van der Waals surface area (Å²) in [5, 5.41) is 4.12. The minimum atomic E-state index is -0.480. The van der Waals surface area contributed by atoms with Crippen molar-refractivity contribution in [3.63, 3.8) is 0 Å². The molecule has 29 heavy (non-hydrogen) atoms. The van der Waals surface area contributed by atoms with Crippen LogP contribution in [0.5, 0.6) is 0 Å². The van der Waals surface area contributed by atoms with Crippen LogP contribution in [-0.4, -0.2) is 25.0 Å². The molecule has 0 radical (unpaired) electrons. The zero-order valence-electron chi connectivity index (χ0n) is 15.3. The summed E-state index contributed by atoms with van der Waals surface area (Å²) < 4.78 is 19.1. The van der Waals surface area contributed by atoms with Gasteiger partial charge in [0.25, 0.3) is 0 Å². The number of nitrogens with zero attached hydrogens (tertiary/aromatic N) is 4. The van der Waals surface area contributed by atoms with Gasteiger partial charge >= 0.3 is 0 Å². The van der Waals surface area contributed by atoms with Gasteiger partial charge in [0.1, 0.15) is 5.82 Å². The van der Waals surface area contributed by atoms with E-state index in [0.717, 1.165) is 17.9 Å². The molecule has 0 spiro atoms. The van der Waals surface area contributed by atoms with Crippen molar-refractivity contribution in [3.05, 3.63) is 88.5 Å². The molecule has 0 saturated carbocycles. The molecule has 146 valence electrons. The van der Waals surface area contributed by atoms with Crippen LogP contribution in [0.15, 0.2) is 59.4 Å². The van der Waals surface area contributed by atoms with Crippen molar-refractivity contribution in [2.75, 3.05) is 0 Å².